The highest BCUT2D eigenvalue weighted by Gasteiger charge is 2.12. The molecule has 1 aromatic rings. The highest BCUT2D eigenvalue weighted by atomic mass is 127. The molecule has 0 aromatic carbocycles. The summed E-state index contributed by atoms with van der Waals surface area (Å²) in [7, 11) is 0. The van der Waals surface area contributed by atoms with Gasteiger partial charge in [-0.3, -0.25) is 4.79 Å². The van der Waals surface area contributed by atoms with Crippen molar-refractivity contribution in [2.45, 2.75) is 0 Å². The molecule has 0 aliphatic rings. The van der Waals surface area contributed by atoms with E-state index in [2.05, 4.69) is 9.97 Å². The van der Waals surface area contributed by atoms with Crippen molar-refractivity contribution in [2.24, 2.45) is 5.73 Å². The minimum absolute atomic E-state index is 0.157. The highest BCUT2D eigenvalue weighted by molar-refractivity contribution is 14.1. The molecule has 0 atom stereocenters. The summed E-state index contributed by atoms with van der Waals surface area (Å²) >= 11 is 9.39. The number of rotatable bonds is 1. The van der Waals surface area contributed by atoms with Gasteiger partial charge in [0.2, 0.25) is 0 Å². The summed E-state index contributed by atoms with van der Waals surface area (Å²) in [5.74, 6) is -0.596. The molecule has 1 heterocycles. The zero-order valence-electron chi connectivity index (χ0n) is 5.51. The van der Waals surface area contributed by atoms with Crippen molar-refractivity contribution in [3.63, 3.8) is 0 Å². The predicted octanol–water partition coefficient (Wildman–Crippen LogP) is 1.44. The molecule has 0 bridgehead atoms. The van der Waals surface area contributed by atoms with Gasteiger partial charge in [0, 0.05) is 0 Å². The van der Waals surface area contributed by atoms with Crippen molar-refractivity contribution in [3.8, 4) is 0 Å². The largest absolute Gasteiger partial charge is 0.364 e. The molecule has 2 N–H and O–H groups in total. The van der Waals surface area contributed by atoms with E-state index in [1.54, 1.807) is 0 Å². The molecule has 0 unspecified atom stereocenters. The standard InChI is InChI=1S/C5H2ClI2N3O/c6-2-4(8)10-1(5(9)12)3(7)11-2/h(H2,9,12). The molecule has 7 heteroatoms. The third-order valence-corrected chi connectivity index (χ3v) is 3.09. The Bertz CT molecular complexity index is 344. The van der Waals surface area contributed by atoms with Crippen LogP contribution in [0.25, 0.3) is 0 Å². The second kappa shape index (κ2) is 4.01. The van der Waals surface area contributed by atoms with Crippen LogP contribution < -0.4 is 5.73 Å². The van der Waals surface area contributed by atoms with E-state index < -0.39 is 5.91 Å². The van der Waals surface area contributed by atoms with Gasteiger partial charge in [-0.2, -0.15) is 0 Å². The van der Waals surface area contributed by atoms with E-state index in [-0.39, 0.29) is 10.8 Å². The van der Waals surface area contributed by atoms with Gasteiger partial charge in [-0.15, -0.1) is 0 Å². The van der Waals surface area contributed by atoms with Crippen molar-refractivity contribution in [1.82, 2.24) is 9.97 Å². The average Bonchev–Trinajstić information content (AvgIpc) is 1.96. The van der Waals surface area contributed by atoms with Crippen molar-refractivity contribution < 1.29 is 4.79 Å². The first-order valence-electron chi connectivity index (χ1n) is 2.70. The van der Waals surface area contributed by atoms with Crippen LogP contribution in [0, 0.1) is 7.40 Å². The van der Waals surface area contributed by atoms with E-state index in [9.17, 15) is 4.79 Å². The lowest BCUT2D eigenvalue weighted by Crippen LogP contribution is -2.16. The molecule has 0 saturated heterocycles. The molecule has 0 spiro atoms. The molecule has 1 aromatic heterocycles. The number of nitrogens with two attached hydrogens (primary N) is 1. The second-order valence-electron chi connectivity index (χ2n) is 1.81. The molecule has 1 amide bonds. The van der Waals surface area contributed by atoms with E-state index in [1.807, 2.05) is 45.2 Å². The van der Waals surface area contributed by atoms with Crippen LogP contribution in [0.4, 0.5) is 0 Å². The third-order valence-electron chi connectivity index (χ3n) is 1.01. The Morgan fingerprint density at radius 1 is 1.33 bits per heavy atom. The first-order valence-corrected chi connectivity index (χ1v) is 5.24. The number of carbonyl (C=O) groups excluding carboxylic acids is 1. The van der Waals surface area contributed by atoms with Gasteiger partial charge in [0.05, 0.1) is 0 Å². The van der Waals surface area contributed by atoms with Crippen LogP contribution in [0.2, 0.25) is 5.15 Å². The minimum atomic E-state index is -0.596. The van der Waals surface area contributed by atoms with Gasteiger partial charge in [0.1, 0.15) is 7.40 Å². The second-order valence-corrected chi connectivity index (χ2v) is 4.21. The highest BCUT2D eigenvalue weighted by Crippen LogP contribution is 2.16. The molecule has 12 heavy (non-hydrogen) atoms. The molecule has 64 valence electrons. The molecular formula is C5H2ClI2N3O. The van der Waals surface area contributed by atoms with Crippen LogP contribution in [0.15, 0.2) is 0 Å². The predicted molar refractivity (Wildman–Crippen MR) is 61.0 cm³/mol. The summed E-state index contributed by atoms with van der Waals surface area (Å²) in [5.41, 5.74) is 5.20. The topological polar surface area (TPSA) is 68.9 Å². The van der Waals surface area contributed by atoms with Gasteiger partial charge in [-0.25, -0.2) is 9.97 Å². The summed E-state index contributed by atoms with van der Waals surface area (Å²) in [6, 6.07) is 0. The molecule has 0 aliphatic heterocycles. The Morgan fingerprint density at radius 2 is 1.92 bits per heavy atom. The number of nitrogens with zero attached hydrogens (tertiary/aromatic N) is 2. The fourth-order valence-corrected chi connectivity index (χ4v) is 1.79. The maximum absolute atomic E-state index is 10.8. The van der Waals surface area contributed by atoms with Gasteiger partial charge >= 0.3 is 0 Å². The van der Waals surface area contributed by atoms with Gasteiger partial charge in [0.15, 0.2) is 10.8 Å². The lowest BCUT2D eigenvalue weighted by Gasteiger charge is -1.99. The van der Waals surface area contributed by atoms with Gasteiger partial charge in [-0.05, 0) is 45.2 Å². The lowest BCUT2D eigenvalue weighted by atomic mass is 10.4. The summed E-state index contributed by atoms with van der Waals surface area (Å²) in [6.07, 6.45) is 0. The molecule has 0 fully saturated rings. The number of hydrogen-bond acceptors (Lipinski definition) is 3. The Labute approximate surface area is 101 Å². The maximum atomic E-state index is 10.8. The number of hydrogen-bond donors (Lipinski definition) is 1. The molecular weight excluding hydrogens is 407 g/mol. The Morgan fingerprint density at radius 3 is 2.42 bits per heavy atom. The number of carbonyl (C=O) groups is 1. The van der Waals surface area contributed by atoms with Crippen molar-refractivity contribution in [3.05, 3.63) is 18.2 Å². The normalized spacial score (nSPS) is 9.92. The zero-order valence-corrected chi connectivity index (χ0v) is 10.6. The summed E-state index contributed by atoms with van der Waals surface area (Å²) in [6.45, 7) is 0. The van der Waals surface area contributed by atoms with Gasteiger partial charge in [-0.1, -0.05) is 11.6 Å². The van der Waals surface area contributed by atoms with Gasteiger partial charge in [0.25, 0.3) is 5.91 Å². The van der Waals surface area contributed by atoms with Crippen LogP contribution >= 0.6 is 56.8 Å². The monoisotopic (exact) mass is 409 g/mol. The third kappa shape index (κ3) is 2.16. The molecule has 0 saturated carbocycles. The summed E-state index contributed by atoms with van der Waals surface area (Å²) in [4.78, 5) is 18.5. The van der Waals surface area contributed by atoms with Gasteiger partial charge < -0.3 is 5.73 Å². The van der Waals surface area contributed by atoms with E-state index in [4.69, 9.17) is 17.3 Å². The maximum Gasteiger partial charge on any atom is 0.270 e. The molecule has 0 radical (unpaired) electrons. The van der Waals surface area contributed by atoms with E-state index >= 15 is 0 Å². The Kier molecular flexibility index (Phi) is 3.47. The number of aromatic nitrogens is 2. The smallest absolute Gasteiger partial charge is 0.270 e. The van der Waals surface area contributed by atoms with Crippen LogP contribution in [0.1, 0.15) is 10.5 Å². The Balaban J connectivity index is 3.33. The minimum Gasteiger partial charge on any atom is -0.364 e. The SMILES string of the molecule is NC(=O)c1nc(I)c(Cl)nc1I. The quantitative estimate of drug-likeness (QED) is 0.714. The van der Waals surface area contributed by atoms with Crippen LogP contribution in [0.5, 0.6) is 0 Å². The van der Waals surface area contributed by atoms with Crippen molar-refractivity contribution in [2.75, 3.05) is 0 Å². The van der Waals surface area contributed by atoms with Crippen molar-refractivity contribution in [1.29, 1.82) is 0 Å². The van der Waals surface area contributed by atoms with Crippen LogP contribution in [-0.2, 0) is 0 Å². The van der Waals surface area contributed by atoms with Crippen molar-refractivity contribution >= 4 is 62.7 Å². The summed E-state index contributed by atoms with van der Waals surface area (Å²) < 4.78 is 0.897. The Hall–Kier alpha value is 0.300. The van der Waals surface area contributed by atoms with Crippen LogP contribution in [0.3, 0.4) is 0 Å². The average molecular weight is 409 g/mol. The molecule has 1 rings (SSSR count). The number of halogens is 3. The zero-order chi connectivity index (χ0) is 9.30. The molecule has 0 aliphatic carbocycles. The fourth-order valence-electron chi connectivity index (χ4n) is 0.532. The van der Waals surface area contributed by atoms with E-state index in [0.717, 1.165) is 0 Å². The van der Waals surface area contributed by atoms with E-state index in [1.165, 1.54) is 0 Å². The van der Waals surface area contributed by atoms with E-state index in [0.29, 0.717) is 7.40 Å². The lowest BCUT2D eigenvalue weighted by molar-refractivity contribution is 0.0994. The van der Waals surface area contributed by atoms with Crippen LogP contribution in [-0.4, -0.2) is 15.9 Å². The number of amides is 1. The first-order chi connectivity index (χ1) is 5.52. The molecule has 4 nitrogen and oxygen atoms in total. The first kappa shape index (κ1) is 10.4. The fraction of sp³-hybridized carbons (Fsp3) is 0. The number of primary amides is 1. The summed E-state index contributed by atoms with van der Waals surface area (Å²) in [5, 5.41) is 0.282.